The van der Waals surface area contributed by atoms with Crippen molar-refractivity contribution in [2.24, 2.45) is 0 Å². The molecule has 0 amide bonds. The van der Waals surface area contributed by atoms with Crippen molar-refractivity contribution in [3.63, 3.8) is 0 Å². The van der Waals surface area contributed by atoms with E-state index < -0.39 is 0 Å². The Morgan fingerprint density at radius 3 is 1.94 bits per heavy atom. The zero-order chi connectivity index (χ0) is 12.1. The van der Waals surface area contributed by atoms with E-state index in [-0.39, 0.29) is 0 Å². The summed E-state index contributed by atoms with van der Waals surface area (Å²) in [6.07, 6.45) is 0. The maximum atomic E-state index is 5.67. The summed E-state index contributed by atoms with van der Waals surface area (Å²) in [6.45, 7) is 0.821. The molecule has 0 aromatic heterocycles. The summed E-state index contributed by atoms with van der Waals surface area (Å²) in [7, 11) is 3.82. The van der Waals surface area contributed by atoms with Crippen LogP contribution in [0.1, 0.15) is 5.56 Å². The van der Waals surface area contributed by atoms with Gasteiger partial charge in [-0.05, 0) is 0 Å². The van der Waals surface area contributed by atoms with Gasteiger partial charge >= 0.3 is 0 Å². The summed E-state index contributed by atoms with van der Waals surface area (Å²) >= 11 is 0. The Kier molecular flexibility index (Phi) is 3.57. The molecule has 0 radical (unpaired) electrons. The van der Waals surface area contributed by atoms with E-state index in [0.717, 1.165) is 12.2 Å². The molecular weight excluding hydrogens is 210 g/mol. The number of hydrogen-bond donors (Lipinski definition) is 0. The Balaban J connectivity index is 2.27. The van der Waals surface area contributed by atoms with Gasteiger partial charge in [-0.3, -0.25) is 0 Å². The zero-order valence-electron chi connectivity index (χ0n) is 10.3. The monoisotopic (exact) mass is 228 g/mol. The minimum atomic E-state index is 0.449. The first kappa shape index (κ1) is 11.8. The van der Waals surface area contributed by atoms with Crippen molar-refractivity contribution in [2.45, 2.75) is 6.54 Å². The molecule has 2 nitrogen and oxygen atoms in total. The Bertz CT molecular complexity index is 455. The lowest BCUT2D eigenvalue weighted by Gasteiger charge is -2.29. The van der Waals surface area contributed by atoms with Gasteiger partial charge in [0.05, 0.1) is 7.11 Å². The number of nitrogens with zero attached hydrogens (tertiary/aromatic N) is 1. The highest BCUT2D eigenvalue weighted by Gasteiger charge is 2.25. The van der Waals surface area contributed by atoms with Gasteiger partial charge in [0.2, 0.25) is 0 Å². The lowest BCUT2D eigenvalue weighted by molar-refractivity contribution is -0.106. The van der Waals surface area contributed by atoms with Crippen molar-refractivity contribution in [3.05, 3.63) is 66.2 Å². The molecule has 1 unspecified atom stereocenters. The van der Waals surface area contributed by atoms with Crippen molar-refractivity contribution in [3.8, 4) is 0 Å². The number of quaternary nitrogens is 1. The van der Waals surface area contributed by atoms with E-state index in [1.807, 2.05) is 24.3 Å². The van der Waals surface area contributed by atoms with Gasteiger partial charge in [-0.1, -0.05) is 48.5 Å². The minimum Gasteiger partial charge on any atom is -0.201 e. The van der Waals surface area contributed by atoms with E-state index in [4.69, 9.17) is 4.84 Å². The van der Waals surface area contributed by atoms with E-state index in [0.29, 0.717) is 4.65 Å². The lowest BCUT2D eigenvalue weighted by Crippen LogP contribution is -2.42. The predicted molar refractivity (Wildman–Crippen MR) is 71.3 cm³/mol. The van der Waals surface area contributed by atoms with Gasteiger partial charge in [-0.25, -0.2) is 4.84 Å². The number of hydroxylamine groups is 2. The van der Waals surface area contributed by atoms with E-state index in [9.17, 15) is 0 Å². The van der Waals surface area contributed by atoms with Crippen molar-refractivity contribution in [1.29, 1.82) is 0 Å². The van der Waals surface area contributed by atoms with Gasteiger partial charge in [-0.2, -0.15) is 0 Å². The van der Waals surface area contributed by atoms with Gasteiger partial charge in [0.1, 0.15) is 13.6 Å². The molecule has 0 fully saturated rings. The fraction of sp³-hybridized carbons (Fsp3) is 0.200. The Hall–Kier alpha value is -1.64. The normalized spacial score (nSPS) is 14.2. The SMILES string of the molecule is CO[N+](C)(Cc1ccccc1)c1ccccc1. The van der Waals surface area contributed by atoms with Crippen LogP contribution in [0.15, 0.2) is 60.7 Å². The third-order valence-corrected chi connectivity index (χ3v) is 3.03. The average molecular weight is 228 g/mol. The van der Waals surface area contributed by atoms with Crippen LogP contribution in [0.3, 0.4) is 0 Å². The topological polar surface area (TPSA) is 9.23 Å². The van der Waals surface area contributed by atoms with Crippen LogP contribution in [0.2, 0.25) is 0 Å². The van der Waals surface area contributed by atoms with Crippen LogP contribution in [-0.4, -0.2) is 14.2 Å². The summed E-state index contributed by atoms with van der Waals surface area (Å²) < 4.78 is 0.449. The molecular formula is C15H18NO+. The second kappa shape index (κ2) is 5.13. The smallest absolute Gasteiger partial charge is 0.165 e. The van der Waals surface area contributed by atoms with Crippen LogP contribution in [0, 0.1) is 0 Å². The molecule has 0 spiro atoms. The number of rotatable bonds is 4. The first-order chi connectivity index (χ1) is 8.24. The lowest BCUT2D eigenvalue weighted by atomic mass is 10.2. The zero-order valence-corrected chi connectivity index (χ0v) is 10.3. The van der Waals surface area contributed by atoms with Crippen LogP contribution >= 0.6 is 0 Å². The molecule has 0 N–H and O–H groups in total. The standard InChI is InChI=1S/C15H18NO/c1-16(17-2,15-11-7-4-8-12-15)13-14-9-5-3-6-10-14/h3-12H,13H2,1-2H3/q+1. The Morgan fingerprint density at radius 2 is 1.41 bits per heavy atom. The van der Waals surface area contributed by atoms with Gasteiger partial charge in [0, 0.05) is 17.7 Å². The van der Waals surface area contributed by atoms with E-state index in [1.165, 1.54) is 5.56 Å². The summed E-state index contributed by atoms with van der Waals surface area (Å²) in [6, 6.07) is 20.7. The van der Waals surface area contributed by atoms with Crippen molar-refractivity contribution >= 4 is 5.69 Å². The third kappa shape index (κ3) is 2.73. The molecule has 88 valence electrons. The van der Waals surface area contributed by atoms with Gasteiger partial charge < -0.3 is 0 Å². The number of para-hydroxylation sites is 1. The predicted octanol–water partition coefficient (Wildman–Crippen LogP) is 3.39. The quantitative estimate of drug-likeness (QED) is 0.576. The molecule has 17 heavy (non-hydrogen) atoms. The van der Waals surface area contributed by atoms with Crippen molar-refractivity contribution < 1.29 is 4.84 Å². The summed E-state index contributed by atoms with van der Waals surface area (Å²) in [5.41, 5.74) is 2.42. The Labute approximate surface area is 103 Å². The Morgan fingerprint density at radius 1 is 0.882 bits per heavy atom. The highest BCUT2D eigenvalue weighted by molar-refractivity contribution is 5.40. The summed E-state index contributed by atoms with van der Waals surface area (Å²) in [5, 5.41) is 0. The van der Waals surface area contributed by atoms with Gasteiger partial charge in [-0.15, -0.1) is 4.65 Å². The van der Waals surface area contributed by atoms with Crippen LogP contribution < -0.4 is 4.65 Å². The second-order valence-corrected chi connectivity index (χ2v) is 4.26. The second-order valence-electron chi connectivity index (χ2n) is 4.26. The van der Waals surface area contributed by atoms with Crippen LogP contribution in [-0.2, 0) is 11.4 Å². The van der Waals surface area contributed by atoms with Crippen molar-refractivity contribution in [1.82, 2.24) is 4.65 Å². The molecule has 2 heteroatoms. The molecule has 0 heterocycles. The van der Waals surface area contributed by atoms with Gasteiger partial charge in [0.15, 0.2) is 5.69 Å². The molecule has 0 saturated carbocycles. The van der Waals surface area contributed by atoms with E-state index in [1.54, 1.807) is 7.11 Å². The molecule has 0 bridgehead atoms. The summed E-state index contributed by atoms with van der Waals surface area (Å²) in [5.74, 6) is 0. The number of hydrogen-bond acceptors (Lipinski definition) is 1. The largest absolute Gasteiger partial charge is 0.201 e. The van der Waals surface area contributed by atoms with E-state index in [2.05, 4.69) is 43.4 Å². The van der Waals surface area contributed by atoms with Crippen LogP contribution in [0.5, 0.6) is 0 Å². The van der Waals surface area contributed by atoms with E-state index >= 15 is 0 Å². The molecule has 0 saturated heterocycles. The van der Waals surface area contributed by atoms with Crippen molar-refractivity contribution in [2.75, 3.05) is 14.2 Å². The average Bonchev–Trinajstić information content (AvgIpc) is 2.41. The first-order valence-corrected chi connectivity index (χ1v) is 5.75. The van der Waals surface area contributed by atoms with Gasteiger partial charge in [0.25, 0.3) is 0 Å². The van der Waals surface area contributed by atoms with Crippen LogP contribution in [0.25, 0.3) is 0 Å². The molecule has 2 aromatic carbocycles. The molecule has 0 aliphatic carbocycles. The number of benzene rings is 2. The third-order valence-electron chi connectivity index (χ3n) is 3.03. The highest BCUT2D eigenvalue weighted by atomic mass is 16.7. The maximum absolute atomic E-state index is 5.67. The fourth-order valence-corrected chi connectivity index (χ4v) is 1.94. The molecule has 2 rings (SSSR count). The molecule has 1 atom stereocenters. The minimum absolute atomic E-state index is 0.449. The highest BCUT2D eigenvalue weighted by Crippen LogP contribution is 2.23. The first-order valence-electron chi connectivity index (χ1n) is 5.75. The molecule has 2 aromatic rings. The molecule has 0 aliphatic rings. The summed E-state index contributed by atoms with van der Waals surface area (Å²) in [4.78, 5) is 5.67. The molecule has 0 aliphatic heterocycles. The van der Waals surface area contributed by atoms with Crippen LogP contribution in [0.4, 0.5) is 5.69 Å². The fourth-order valence-electron chi connectivity index (χ4n) is 1.94. The maximum Gasteiger partial charge on any atom is 0.165 e.